The first-order valence-electron chi connectivity index (χ1n) is 13.5. The maximum Gasteiger partial charge on any atom is 0.251 e. The summed E-state index contributed by atoms with van der Waals surface area (Å²) in [5, 5.41) is 2.97. The molecule has 0 aromatic heterocycles. The summed E-state index contributed by atoms with van der Waals surface area (Å²) >= 11 is 0. The highest BCUT2D eigenvalue weighted by atomic mass is 16.5. The lowest BCUT2D eigenvalue weighted by Crippen LogP contribution is -2.53. The molecule has 202 valence electrons. The van der Waals surface area contributed by atoms with E-state index in [0.29, 0.717) is 12.0 Å². The van der Waals surface area contributed by atoms with E-state index in [0.717, 1.165) is 37.9 Å². The number of benzene rings is 1. The Morgan fingerprint density at radius 3 is 2.38 bits per heavy atom. The molecule has 0 unspecified atom stereocenters. The number of carbonyl (C=O) groups excluding carboxylic acids is 3. The van der Waals surface area contributed by atoms with Gasteiger partial charge in [-0.05, 0) is 48.9 Å². The monoisotopic (exact) mass is 512 g/mol. The maximum absolute atomic E-state index is 13.7. The van der Waals surface area contributed by atoms with Crippen molar-refractivity contribution < 1.29 is 23.9 Å². The van der Waals surface area contributed by atoms with Gasteiger partial charge in [-0.25, -0.2) is 0 Å². The van der Waals surface area contributed by atoms with E-state index in [1.54, 1.807) is 12.0 Å². The smallest absolute Gasteiger partial charge is 0.251 e. The van der Waals surface area contributed by atoms with Crippen LogP contribution in [0.15, 0.2) is 24.3 Å². The lowest BCUT2D eigenvalue weighted by Gasteiger charge is -2.36. The molecular formula is C28H40N4O5. The van der Waals surface area contributed by atoms with Gasteiger partial charge in [0.25, 0.3) is 5.91 Å². The molecule has 3 saturated heterocycles. The van der Waals surface area contributed by atoms with E-state index in [1.165, 1.54) is 12.8 Å². The van der Waals surface area contributed by atoms with Crippen LogP contribution < -0.4 is 10.2 Å². The summed E-state index contributed by atoms with van der Waals surface area (Å²) in [5.74, 6) is -0.671. The largest absolute Gasteiger partial charge is 0.377 e. The number of methoxy groups -OCH3 is 1. The normalized spacial score (nSPS) is 27.4. The minimum Gasteiger partial charge on any atom is -0.377 e. The van der Waals surface area contributed by atoms with Crippen LogP contribution in [0.5, 0.6) is 0 Å². The van der Waals surface area contributed by atoms with Crippen molar-refractivity contribution in [1.29, 1.82) is 0 Å². The quantitative estimate of drug-likeness (QED) is 0.595. The standard InChI is InChI=1S/C28H40N4O5/c1-28(2,3)15-21(27(35)32-16-23(36-4)25-24(32)22(33)17-37-25)29-26(34)18-5-7-19(8-6-18)30-11-13-31(14-12-30)20-9-10-20/h5-8,20-21,23-25H,9-17H2,1-4H3,(H,29,34)/t21-,23+,24+,25+/m0/s1. The van der Waals surface area contributed by atoms with E-state index in [4.69, 9.17) is 9.47 Å². The van der Waals surface area contributed by atoms with Crippen LogP contribution in [0.3, 0.4) is 0 Å². The lowest BCUT2D eigenvalue weighted by molar-refractivity contribution is -0.138. The molecule has 4 fully saturated rings. The molecule has 2 amide bonds. The van der Waals surface area contributed by atoms with Crippen LogP contribution in [-0.2, 0) is 19.1 Å². The zero-order chi connectivity index (χ0) is 26.3. The Hall–Kier alpha value is -2.49. The van der Waals surface area contributed by atoms with E-state index < -0.39 is 18.2 Å². The van der Waals surface area contributed by atoms with Crippen molar-refractivity contribution in [3.63, 3.8) is 0 Å². The van der Waals surface area contributed by atoms with E-state index in [2.05, 4.69) is 15.1 Å². The van der Waals surface area contributed by atoms with Crippen LogP contribution >= 0.6 is 0 Å². The number of nitrogens with zero attached hydrogens (tertiary/aromatic N) is 3. The van der Waals surface area contributed by atoms with Crippen LogP contribution in [0.1, 0.15) is 50.4 Å². The first kappa shape index (κ1) is 26.1. The van der Waals surface area contributed by atoms with Crippen molar-refractivity contribution in [3.05, 3.63) is 29.8 Å². The zero-order valence-electron chi connectivity index (χ0n) is 22.4. The van der Waals surface area contributed by atoms with E-state index in [1.807, 2.05) is 45.0 Å². The molecule has 3 aliphatic heterocycles. The van der Waals surface area contributed by atoms with Crippen molar-refractivity contribution in [2.75, 3.05) is 51.3 Å². The van der Waals surface area contributed by atoms with Crippen molar-refractivity contribution in [1.82, 2.24) is 15.1 Å². The highest BCUT2D eigenvalue weighted by Gasteiger charge is 2.53. The predicted molar refractivity (Wildman–Crippen MR) is 140 cm³/mol. The summed E-state index contributed by atoms with van der Waals surface area (Å²) in [4.78, 5) is 46.0. The number of nitrogens with one attached hydrogen (secondary N) is 1. The van der Waals surface area contributed by atoms with Gasteiger partial charge in [0.15, 0.2) is 5.78 Å². The lowest BCUT2D eigenvalue weighted by atomic mass is 9.87. The van der Waals surface area contributed by atoms with Crippen LogP contribution in [0, 0.1) is 5.41 Å². The summed E-state index contributed by atoms with van der Waals surface area (Å²) in [6.45, 7) is 10.5. The van der Waals surface area contributed by atoms with Gasteiger partial charge in [-0.2, -0.15) is 0 Å². The Balaban J connectivity index is 1.26. The highest BCUT2D eigenvalue weighted by Crippen LogP contribution is 2.32. The van der Waals surface area contributed by atoms with Gasteiger partial charge in [0.05, 0.1) is 6.54 Å². The molecular weight excluding hydrogens is 472 g/mol. The molecule has 1 N–H and O–H groups in total. The Morgan fingerprint density at radius 1 is 1.11 bits per heavy atom. The molecule has 0 radical (unpaired) electrons. The number of amides is 2. The number of ketones is 1. The third-order valence-corrected chi connectivity index (χ3v) is 8.02. The highest BCUT2D eigenvalue weighted by molar-refractivity contribution is 5.99. The van der Waals surface area contributed by atoms with Crippen molar-refractivity contribution in [2.24, 2.45) is 5.41 Å². The minimum absolute atomic E-state index is 0.0166. The third-order valence-electron chi connectivity index (χ3n) is 8.02. The number of fused-ring (bicyclic) bond motifs is 1. The molecule has 4 aliphatic rings. The van der Waals surface area contributed by atoms with E-state index in [9.17, 15) is 14.4 Å². The molecule has 1 aromatic carbocycles. The van der Waals surface area contributed by atoms with Crippen LogP contribution in [0.2, 0.25) is 0 Å². The maximum atomic E-state index is 13.7. The molecule has 9 heteroatoms. The number of Topliss-reactive ketones (excluding diaryl/α,β-unsaturated/α-hetero) is 1. The molecule has 1 aliphatic carbocycles. The molecule has 4 atom stereocenters. The summed E-state index contributed by atoms with van der Waals surface area (Å²) < 4.78 is 11.1. The van der Waals surface area contributed by atoms with Crippen LogP contribution in [0.4, 0.5) is 5.69 Å². The Morgan fingerprint density at radius 2 is 1.78 bits per heavy atom. The van der Waals surface area contributed by atoms with Gasteiger partial charge in [-0.3, -0.25) is 19.3 Å². The number of ether oxygens (including phenoxy) is 2. The number of carbonyl (C=O) groups is 3. The second-order valence-corrected chi connectivity index (χ2v) is 12.0. The molecule has 3 heterocycles. The number of rotatable bonds is 7. The molecule has 1 saturated carbocycles. The van der Waals surface area contributed by atoms with Gasteiger partial charge in [0, 0.05) is 50.6 Å². The number of piperazine rings is 1. The molecule has 5 rings (SSSR count). The van der Waals surface area contributed by atoms with Crippen molar-refractivity contribution in [3.8, 4) is 0 Å². The number of likely N-dealkylation sites (tertiary alicyclic amines) is 1. The van der Waals surface area contributed by atoms with Gasteiger partial charge >= 0.3 is 0 Å². The zero-order valence-corrected chi connectivity index (χ0v) is 22.4. The van der Waals surface area contributed by atoms with Gasteiger partial charge in [-0.1, -0.05) is 20.8 Å². The Kier molecular flexibility index (Phi) is 7.31. The Bertz CT molecular complexity index is 1010. The van der Waals surface area contributed by atoms with Crippen molar-refractivity contribution >= 4 is 23.3 Å². The summed E-state index contributed by atoms with van der Waals surface area (Å²) in [7, 11) is 1.56. The second kappa shape index (κ2) is 10.3. The fourth-order valence-corrected chi connectivity index (χ4v) is 5.91. The number of hydrogen-bond donors (Lipinski definition) is 1. The fraction of sp³-hybridized carbons (Fsp3) is 0.679. The summed E-state index contributed by atoms with van der Waals surface area (Å²) in [6.07, 6.45) is 2.30. The molecule has 0 bridgehead atoms. The molecule has 37 heavy (non-hydrogen) atoms. The fourth-order valence-electron chi connectivity index (χ4n) is 5.91. The van der Waals surface area contributed by atoms with E-state index >= 15 is 0 Å². The summed E-state index contributed by atoms with van der Waals surface area (Å²) in [5.41, 5.74) is 1.42. The van der Waals surface area contributed by atoms with Gasteiger partial charge in [0.2, 0.25) is 5.91 Å². The van der Waals surface area contributed by atoms with Gasteiger partial charge in [0.1, 0.15) is 30.9 Å². The minimum atomic E-state index is -0.757. The average molecular weight is 513 g/mol. The van der Waals surface area contributed by atoms with Gasteiger partial charge in [-0.15, -0.1) is 0 Å². The number of anilines is 1. The molecule has 9 nitrogen and oxygen atoms in total. The van der Waals surface area contributed by atoms with E-state index in [-0.39, 0.29) is 42.3 Å². The van der Waals surface area contributed by atoms with Crippen molar-refractivity contribution in [2.45, 2.75) is 70.4 Å². The first-order valence-corrected chi connectivity index (χ1v) is 13.5. The number of hydrogen-bond acceptors (Lipinski definition) is 7. The SMILES string of the molecule is CO[C@@H]1CN(C(=O)[C@H](CC(C)(C)C)NC(=O)c2ccc(N3CCN(C4CC4)CC3)cc2)[C@@H]2C(=O)CO[C@@H]21. The predicted octanol–water partition coefficient (Wildman–Crippen LogP) is 1.70. The summed E-state index contributed by atoms with van der Waals surface area (Å²) in [6, 6.07) is 7.03. The molecule has 0 spiro atoms. The average Bonchev–Trinajstić information content (AvgIpc) is 3.56. The third kappa shape index (κ3) is 5.68. The topological polar surface area (TPSA) is 91.4 Å². The van der Waals surface area contributed by atoms with Gasteiger partial charge < -0.3 is 24.6 Å². The first-order chi connectivity index (χ1) is 17.6. The Labute approximate surface area is 219 Å². The second-order valence-electron chi connectivity index (χ2n) is 12.0. The molecule has 1 aromatic rings. The van der Waals surface area contributed by atoms with Crippen LogP contribution in [0.25, 0.3) is 0 Å². The van der Waals surface area contributed by atoms with Crippen LogP contribution in [-0.4, -0.2) is 104 Å².